The Bertz CT molecular complexity index is 3210. The molecule has 0 radical (unpaired) electrons. The van der Waals surface area contributed by atoms with Gasteiger partial charge in [-0.05, 0) is 57.6 Å². The quantitative estimate of drug-likeness (QED) is 0.0685. The number of nitrogens with zero attached hydrogens (tertiary/aromatic N) is 2. The molecule has 0 fully saturated rings. The van der Waals surface area contributed by atoms with Gasteiger partial charge in [-0.2, -0.15) is 0 Å². The first-order chi connectivity index (χ1) is 34.3. The third-order valence-corrected chi connectivity index (χ3v) is 26.1. The first kappa shape index (κ1) is 52.2. The van der Waals surface area contributed by atoms with Crippen LogP contribution in [0.3, 0.4) is 0 Å². The van der Waals surface area contributed by atoms with Crippen molar-refractivity contribution in [2.75, 3.05) is 8.46 Å². The van der Waals surface area contributed by atoms with Crippen molar-refractivity contribution in [1.82, 2.24) is 0 Å². The maximum atomic E-state index is 3.54. The minimum atomic E-state index is -1.70. The van der Waals surface area contributed by atoms with Crippen molar-refractivity contribution < 1.29 is 0 Å². The first-order valence-corrected chi connectivity index (χ1v) is 38.4. The van der Waals surface area contributed by atoms with Crippen LogP contribution < -0.4 is 8.46 Å². The average Bonchev–Trinajstić information content (AvgIpc) is 3.33. The zero-order valence-corrected chi connectivity index (χ0v) is 48.1. The van der Waals surface area contributed by atoms with E-state index in [1.54, 1.807) is 0 Å². The Kier molecular flexibility index (Phi) is 16.4. The summed E-state index contributed by atoms with van der Waals surface area (Å²) in [6, 6.07) is 58.2. The molecule has 72 heavy (non-hydrogen) atoms. The largest absolute Gasteiger partial charge is 0.425 e. The minimum Gasteiger partial charge on any atom is -0.425 e. The van der Waals surface area contributed by atoms with E-state index in [0.29, 0.717) is 33.4 Å². The third-order valence-electron chi connectivity index (χ3n) is 11.6. The lowest BCUT2D eigenvalue weighted by molar-refractivity contribution is 1.35. The summed E-state index contributed by atoms with van der Waals surface area (Å²) in [7, 11) is -6.81. The molecule has 0 atom stereocenters. The van der Waals surface area contributed by atoms with Crippen LogP contribution in [0, 0.1) is 35.5 Å². The smallest absolute Gasteiger partial charge is 0.138 e. The van der Waals surface area contributed by atoms with Crippen LogP contribution in [0.25, 0.3) is 33.4 Å². The normalized spacial score (nSPS) is 13.1. The van der Waals surface area contributed by atoms with Crippen molar-refractivity contribution in [2.45, 2.75) is 78.6 Å². The number of rotatable bonds is 12. The Morgan fingerprint density at radius 2 is 0.389 bits per heavy atom. The van der Waals surface area contributed by atoms with E-state index in [0.717, 1.165) is 33.4 Å². The van der Waals surface area contributed by atoms with Gasteiger partial charge in [-0.25, -0.2) is 0 Å². The molecule has 0 aromatic heterocycles. The fourth-order valence-corrected chi connectivity index (χ4v) is 29.1. The van der Waals surface area contributed by atoms with Crippen LogP contribution >= 0.6 is 0 Å². The molecule has 6 heteroatoms. The second-order valence-corrected chi connectivity index (χ2v) is 41.7. The predicted molar refractivity (Wildman–Crippen MR) is 322 cm³/mol. The van der Waals surface area contributed by atoms with E-state index in [2.05, 4.69) is 205 Å². The molecule has 0 saturated carbocycles. The van der Waals surface area contributed by atoms with Crippen molar-refractivity contribution in [2.24, 2.45) is 0 Å². The van der Waals surface area contributed by atoms with E-state index in [4.69, 9.17) is 0 Å². The van der Waals surface area contributed by atoms with Crippen LogP contribution in [0.1, 0.15) is 33.4 Å². The molecule has 1 aliphatic carbocycles. The number of allylic oxidation sites excluding steroid dienone is 6. The standard InChI is InChI=1S/C66H64N2Si4/c1-69(2,3)67(70(4,5)6)65-49-45-63(46-50-65)61-41-37-57(53-25-17-13-18-26-53)33-35-59(55-29-21-15-22-30-55)39-43-62(64-47-51-66(52-48-64)68(71(7,8)9)72(10,11)12)44-40-60(56-31-23-16-24-32-56)36-34-58(38-42-61)54-27-19-14-20-28-54/h13-32,45-52H,1-12H3. The van der Waals surface area contributed by atoms with E-state index in [1.807, 2.05) is 121 Å². The van der Waals surface area contributed by atoms with Gasteiger partial charge in [-0.1, -0.05) is 294 Å². The second-order valence-electron chi connectivity index (χ2n) is 21.7. The van der Waals surface area contributed by atoms with Gasteiger partial charge < -0.3 is 8.46 Å². The number of benzene rings is 6. The zero-order valence-electron chi connectivity index (χ0n) is 44.1. The van der Waals surface area contributed by atoms with Crippen LogP contribution in [-0.4, -0.2) is 32.9 Å². The lowest BCUT2D eigenvalue weighted by Crippen LogP contribution is -2.59. The Morgan fingerprint density at radius 1 is 0.222 bits per heavy atom. The molecule has 0 heterocycles. The molecule has 0 amide bonds. The summed E-state index contributed by atoms with van der Waals surface area (Å²) in [5.74, 6) is 21.1. The van der Waals surface area contributed by atoms with Gasteiger partial charge in [0.15, 0.2) is 0 Å². The van der Waals surface area contributed by atoms with E-state index in [1.165, 1.54) is 11.4 Å². The Morgan fingerprint density at radius 3 is 0.556 bits per heavy atom. The molecule has 6 aromatic carbocycles. The molecule has 0 unspecified atom stereocenters. The van der Waals surface area contributed by atoms with Gasteiger partial charge in [0, 0.05) is 11.4 Å². The molecule has 2 nitrogen and oxygen atoms in total. The fourth-order valence-electron chi connectivity index (χ4n) is 9.34. The average molecular weight is 998 g/mol. The number of anilines is 2. The van der Waals surface area contributed by atoms with E-state index >= 15 is 0 Å². The highest BCUT2D eigenvalue weighted by molar-refractivity contribution is 7.00. The first-order valence-electron chi connectivity index (χ1n) is 24.6. The topological polar surface area (TPSA) is 6.48 Å². The highest BCUT2D eigenvalue weighted by Gasteiger charge is 2.35. The molecule has 354 valence electrons. The van der Waals surface area contributed by atoms with Crippen molar-refractivity contribution in [3.63, 3.8) is 0 Å². The summed E-state index contributed by atoms with van der Waals surface area (Å²) in [5.41, 5.74) is 33.1. The summed E-state index contributed by atoms with van der Waals surface area (Å²) in [4.78, 5) is 0. The van der Waals surface area contributed by atoms with Gasteiger partial charge in [0.25, 0.3) is 0 Å². The summed E-state index contributed by atoms with van der Waals surface area (Å²) < 4.78 is 5.45. The molecule has 7 rings (SSSR count). The van der Waals surface area contributed by atoms with Crippen molar-refractivity contribution in [3.05, 3.63) is 238 Å². The van der Waals surface area contributed by atoms with Gasteiger partial charge in [-0.3, -0.25) is 0 Å². The molecule has 0 saturated heterocycles. The Balaban J connectivity index is 1.61. The van der Waals surface area contributed by atoms with Crippen molar-refractivity contribution in [3.8, 4) is 35.5 Å². The molecule has 0 bridgehead atoms. The van der Waals surface area contributed by atoms with Gasteiger partial charge in [0.1, 0.15) is 32.9 Å². The lowest BCUT2D eigenvalue weighted by Gasteiger charge is -2.46. The van der Waals surface area contributed by atoms with Crippen molar-refractivity contribution in [1.29, 1.82) is 0 Å². The van der Waals surface area contributed by atoms with Gasteiger partial charge in [0.2, 0.25) is 0 Å². The van der Waals surface area contributed by atoms with E-state index in [9.17, 15) is 0 Å². The fraction of sp³-hybridized carbons (Fsp3) is 0.182. The Labute approximate surface area is 435 Å². The highest BCUT2D eigenvalue weighted by Crippen LogP contribution is 2.32. The van der Waals surface area contributed by atoms with Crippen LogP contribution in [0.15, 0.2) is 204 Å². The summed E-state index contributed by atoms with van der Waals surface area (Å²) in [6.07, 6.45) is 0. The maximum Gasteiger partial charge on any atom is 0.138 e. The highest BCUT2D eigenvalue weighted by atomic mass is 28.4. The lowest BCUT2D eigenvalue weighted by atomic mass is 10.0. The molecule has 6 aromatic rings. The van der Waals surface area contributed by atoms with Crippen LogP contribution in [-0.2, 0) is 0 Å². The number of hydrogen-bond donors (Lipinski definition) is 0. The predicted octanol–water partition coefficient (Wildman–Crippen LogP) is 16.7. The van der Waals surface area contributed by atoms with Crippen LogP contribution in [0.4, 0.5) is 11.4 Å². The Hall–Kier alpha value is -7.63. The van der Waals surface area contributed by atoms with Crippen molar-refractivity contribution >= 4 is 77.8 Å². The van der Waals surface area contributed by atoms with Gasteiger partial charge in [0.05, 0.1) is 33.4 Å². The van der Waals surface area contributed by atoms with E-state index in [-0.39, 0.29) is 0 Å². The molecule has 1 aliphatic rings. The van der Waals surface area contributed by atoms with Gasteiger partial charge >= 0.3 is 0 Å². The SMILES string of the molecule is C[Si](C)(C)N(c1ccc(C2=C=C=C(c3ccccc3)C#CC(c3ccccc3)=C=C=C(c3ccc(N([Si](C)(C)C)[Si](C)(C)C)cc3)C#CC(c3ccccc3)=C=C=C(c3ccccc3)C#C2)cc1)[Si](C)(C)C. The second kappa shape index (κ2) is 22.6. The molecule has 0 spiro atoms. The summed E-state index contributed by atoms with van der Waals surface area (Å²) >= 11 is 0. The zero-order chi connectivity index (χ0) is 51.5. The minimum absolute atomic E-state index is 0.662. The maximum absolute atomic E-state index is 3.54. The monoisotopic (exact) mass is 996 g/mol. The summed E-state index contributed by atoms with van der Waals surface area (Å²) in [6.45, 7) is 29.1. The van der Waals surface area contributed by atoms with Crippen LogP contribution in [0.2, 0.25) is 78.6 Å². The van der Waals surface area contributed by atoms with Gasteiger partial charge in [-0.15, -0.1) is 0 Å². The van der Waals surface area contributed by atoms with E-state index < -0.39 is 32.9 Å². The van der Waals surface area contributed by atoms with Crippen LogP contribution in [0.5, 0.6) is 0 Å². The molecule has 0 aliphatic heterocycles. The summed E-state index contributed by atoms with van der Waals surface area (Å²) in [5, 5.41) is 0. The number of hydrogen-bond acceptors (Lipinski definition) is 2. The molecule has 0 N–H and O–H groups in total. The third kappa shape index (κ3) is 13.8. The molecular weight excluding hydrogens is 933 g/mol. The molecular formula is C66H64N2Si4.